The van der Waals surface area contributed by atoms with E-state index in [1.54, 1.807) is 22.9 Å². The fraction of sp³-hybridized carbons (Fsp3) is 0.538. The average molecular weight is 319 g/mol. The number of thiophene rings is 1. The fourth-order valence-corrected chi connectivity index (χ4v) is 2.89. The molecule has 20 heavy (non-hydrogen) atoms. The maximum atomic E-state index is 12.3. The highest BCUT2D eigenvalue weighted by atomic mass is 35.5. The lowest BCUT2D eigenvalue weighted by molar-refractivity contribution is -0.137. The summed E-state index contributed by atoms with van der Waals surface area (Å²) in [5, 5.41) is 8.74. The van der Waals surface area contributed by atoms with E-state index in [1.165, 1.54) is 11.3 Å². The third kappa shape index (κ3) is 5.02. The lowest BCUT2D eigenvalue weighted by atomic mass is 10.3. The predicted octanol–water partition coefficient (Wildman–Crippen LogP) is 3.14. The number of carbonyl (C=O) groups excluding carboxylic acids is 1. The molecule has 0 aliphatic carbocycles. The van der Waals surface area contributed by atoms with E-state index in [2.05, 4.69) is 0 Å². The molecule has 1 aromatic rings. The van der Waals surface area contributed by atoms with Gasteiger partial charge in [-0.05, 0) is 26.0 Å². The zero-order valence-corrected chi connectivity index (χ0v) is 13.4. The Hall–Kier alpha value is -1.27. The van der Waals surface area contributed by atoms with E-state index in [1.807, 2.05) is 19.9 Å². The first-order chi connectivity index (χ1) is 9.31. The predicted molar refractivity (Wildman–Crippen MR) is 80.3 cm³/mol. The van der Waals surface area contributed by atoms with Crippen LogP contribution in [0, 0.1) is 0 Å². The first-order valence-corrected chi connectivity index (χ1v) is 7.48. The van der Waals surface area contributed by atoms with Crippen molar-refractivity contribution in [2.75, 3.05) is 13.6 Å². The molecule has 0 unspecified atom stereocenters. The van der Waals surface area contributed by atoms with Crippen LogP contribution < -0.4 is 0 Å². The van der Waals surface area contributed by atoms with E-state index in [0.717, 1.165) is 4.88 Å². The summed E-state index contributed by atoms with van der Waals surface area (Å²) in [5.74, 6) is -0.906. The number of urea groups is 1. The molecule has 0 aliphatic rings. The van der Waals surface area contributed by atoms with Crippen LogP contribution in [0.1, 0.15) is 25.1 Å². The van der Waals surface area contributed by atoms with Gasteiger partial charge < -0.3 is 14.9 Å². The van der Waals surface area contributed by atoms with E-state index in [-0.39, 0.29) is 25.0 Å². The number of hydrogen-bond donors (Lipinski definition) is 1. The number of carbonyl (C=O) groups is 2. The number of hydrogen-bond acceptors (Lipinski definition) is 3. The Morgan fingerprint density at radius 2 is 2.05 bits per heavy atom. The molecule has 0 saturated carbocycles. The number of aliphatic carboxylic acids is 1. The smallest absolute Gasteiger partial charge is 0.320 e. The van der Waals surface area contributed by atoms with Crippen LogP contribution in [0.4, 0.5) is 4.79 Å². The van der Waals surface area contributed by atoms with Gasteiger partial charge in [0.1, 0.15) is 0 Å². The molecule has 0 fully saturated rings. The van der Waals surface area contributed by atoms with Crippen molar-refractivity contribution in [3.05, 3.63) is 21.3 Å². The monoisotopic (exact) mass is 318 g/mol. The molecule has 1 N–H and O–H groups in total. The summed E-state index contributed by atoms with van der Waals surface area (Å²) in [5.41, 5.74) is 0. The molecule has 0 aliphatic heterocycles. The summed E-state index contributed by atoms with van der Waals surface area (Å²) in [7, 11) is 1.70. The van der Waals surface area contributed by atoms with E-state index in [4.69, 9.17) is 16.7 Å². The average Bonchev–Trinajstić information content (AvgIpc) is 2.73. The van der Waals surface area contributed by atoms with Gasteiger partial charge in [0.2, 0.25) is 0 Å². The molecular formula is C13H19ClN2O3S. The quantitative estimate of drug-likeness (QED) is 0.876. The topological polar surface area (TPSA) is 60.9 Å². The molecule has 1 heterocycles. The molecular weight excluding hydrogens is 300 g/mol. The molecule has 5 nitrogen and oxygen atoms in total. The van der Waals surface area contributed by atoms with Gasteiger partial charge in [0.15, 0.2) is 0 Å². The van der Waals surface area contributed by atoms with E-state index in [0.29, 0.717) is 10.9 Å². The Morgan fingerprint density at radius 3 is 2.50 bits per heavy atom. The van der Waals surface area contributed by atoms with Gasteiger partial charge in [0.25, 0.3) is 0 Å². The molecule has 112 valence electrons. The summed E-state index contributed by atoms with van der Waals surface area (Å²) in [6.07, 6.45) is -0.0530. The summed E-state index contributed by atoms with van der Waals surface area (Å²) in [6.45, 7) is 4.42. The van der Waals surface area contributed by atoms with E-state index >= 15 is 0 Å². The number of nitrogens with zero attached hydrogens (tertiary/aromatic N) is 2. The molecule has 7 heteroatoms. The van der Waals surface area contributed by atoms with Crippen molar-refractivity contribution in [1.82, 2.24) is 9.80 Å². The molecule has 2 amide bonds. The molecule has 0 aromatic carbocycles. The van der Waals surface area contributed by atoms with Gasteiger partial charge in [0.05, 0.1) is 17.3 Å². The lowest BCUT2D eigenvalue weighted by Crippen LogP contribution is -2.45. The zero-order chi connectivity index (χ0) is 15.3. The minimum absolute atomic E-state index is 0.0452. The first kappa shape index (κ1) is 16.8. The van der Waals surface area contributed by atoms with Crippen LogP contribution in [0.25, 0.3) is 0 Å². The molecule has 1 rings (SSSR count). The van der Waals surface area contributed by atoms with Crippen LogP contribution in [0.5, 0.6) is 0 Å². The Balaban J connectivity index is 2.65. The van der Waals surface area contributed by atoms with Crippen LogP contribution in [-0.4, -0.2) is 46.5 Å². The Morgan fingerprint density at radius 1 is 1.40 bits per heavy atom. The minimum Gasteiger partial charge on any atom is -0.481 e. The van der Waals surface area contributed by atoms with Crippen molar-refractivity contribution >= 4 is 34.9 Å². The molecule has 0 radical (unpaired) electrons. The van der Waals surface area contributed by atoms with Gasteiger partial charge in [-0.3, -0.25) is 4.79 Å². The number of carboxylic acids is 1. The second-order valence-electron chi connectivity index (χ2n) is 4.78. The Labute approximate surface area is 127 Å². The Kier molecular flexibility index (Phi) is 6.29. The molecule has 0 bridgehead atoms. The number of halogens is 1. The van der Waals surface area contributed by atoms with Gasteiger partial charge in [-0.25, -0.2) is 4.79 Å². The van der Waals surface area contributed by atoms with Crippen molar-refractivity contribution in [3.8, 4) is 0 Å². The maximum absolute atomic E-state index is 12.3. The van der Waals surface area contributed by atoms with Crippen molar-refractivity contribution in [1.29, 1.82) is 0 Å². The molecule has 0 atom stereocenters. The SMILES string of the molecule is CC(C)N(CCC(=O)O)C(=O)N(C)Cc1ccc(Cl)s1. The fourth-order valence-electron chi connectivity index (χ4n) is 1.75. The number of rotatable bonds is 6. The van der Waals surface area contributed by atoms with Crippen LogP contribution in [0.15, 0.2) is 12.1 Å². The number of amides is 2. The van der Waals surface area contributed by atoms with Gasteiger partial charge in [-0.2, -0.15) is 0 Å². The summed E-state index contributed by atoms with van der Waals surface area (Å²) >= 11 is 7.29. The van der Waals surface area contributed by atoms with Crippen LogP contribution in [0.2, 0.25) is 4.34 Å². The van der Waals surface area contributed by atoms with Crippen LogP contribution >= 0.6 is 22.9 Å². The largest absolute Gasteiger partial charge is 0.481 e. The maximum Gasteiger partial charge on any atom is 0.320 e. The number of carboxylic acid groups (broad SMARTS) is 1. The zero-order valence-electron chi connectivity index (χ0n) is 11.8. The first-order valence-electron chi connectivity index (χ1n) is 6.29. The highest BCUT2D eigenvalue weighted by Crippen LogP contribution is 2.22. The highest BCUT2D eigenvalue weighted by Gasteiger charge is 2.21. The summed E-state index contributed by atoms with van der Waals surface area (Å²) in [4.78, 5) is 27.1. The molecule has 1 aromatic heterocycles. The van der Waals surface area contributed by atoms with Gasteiger partial charge >= 0.3 is 12.0 Å². The van der Waals surface area contributed by atoms with Crippen molar-refractivity contribution < 1.29 is 14.7 Å². The minimum atomic E-state index is -0.906. The molecule has 0 spiro atoms. The standard InChI is InChI=1S/C13H19ClN2O3S/c1-9(2)16(7-6-12(17)18)13(19)15(3)8-10-4-5-11(14)20-10/h4-5,9H,6-8H2,1-3H3,(H,17,18). The Bertz CT molecular complexity index is 476. The van der Waals surface area contributed by atoms with Crippen molar-refractivity contribution in [2.24, 2.45) is 0 Å². The molecule has 0 saturated heterocycles. The van der Waals surface area contributed by atoms with Gasteiger partial charge in [-0.15, -0.1) is 11.3 Å². The highest BCUT2D eigenvalue weighted by molar-refractivity contribution is 7.16. The van der Waals surface area contributed by atoms with E-state index < -0.39 is 5.97 Å². The van der Waals surface area contributed by atoms with Gasteiger partial charge in [-0.1, -0.05) is 11.6 Å². The second kappa shape index (κ2) is 7.50. The summed E-state index contributed by atoms with van der Waals surface area (Å²) < 4.78 is 0.687. The third-order valence-corrected chi connectivity index (χ3v) is 4.00. The summed E-state index contributed by atoms with van der Waals surface area (Å²) in [6, 6.07) is 3.46. The third-order valence-electron chi connectivity index (χ3n) is 2.78. The second-order valence-corrected chi connectivity index (χ2v) is 6.57. The van der Waals surface area contributed by atoms with E-state index in [9.17, 15) is 9.59 Å². The van der Waals surface area contributed by atoms with Crippen molar-refractivity contribution in [2.45, 2.75) is 32.9 Å². The van der Waals surface area contributed by atoms with Crippen molar-refractivity contribution in [3.63, 3.8) is 0 Å². The van der Waals surface area contributed by atoms with Crippen LogP contribution in [-0.2, 0) is 11.3 Å². The van der Waals surface area contributed by atoms with Crippen LogP contribution in [0.3, 0.4) is 0 Å². The van der Waals surface area contributed by atoms with Gasteiger partial charge in [0, 0.05) is 24.5 Å². The normalized spacial score (nSPS) is 10.7. The lowest BCUT2D eigenvalue weighted by Gasteiger charge is -2.30.